The maximum Gasteiger partial charge on any atom is 0.183 e. The third kappa shape index (κ3) is 2.84. The van der Waals surface area contributed by atoms with Crippen molar-refractivity contribution >= 4 is 5.78 Å². The largest absolute Gasteiger partial charge is 0.381 e. The molecule has 34 heavy (non-hydrogen) atoms. The second kappa shape index (κ2) is 7.43. The lowest BCUT2D eigenvalue weighted by atomic mass is 9.66. The van der Waals surface area contributed by atoms with Gasteiger partial charge in [-0.05, 0) is 47.9 Å². The summed E-state index contributed by atoms with van der Waals surface area (Å²) in [5, 5.41) is 8.79. The molecule has 0 radical (unpaired) electrons. The fraction of sp³-hybridized carbons (Fsp3) is 0.423. The van der Waals surface area contributed by atoms with Gasteiger partial charge >= 0.3 is 0 Å². The van der Waals surface area contributed by atoms with Gasteiger partial charge in [0, 0.05) is 18.5 Å². The van der Waals surface area contributed by atoms with Crippen LogP contribution in [0.25, 0.3) is 11.3 Å². The molecule has 1 saturated carbocycles. The number of ketones is 1. The van der Waals surface area contributed by atoms with Crippen molar-refractivity contribution in [2.24, 2.45) is 11.3 Å². The van der Waals surface area contributed by atoms with Crippen LogP contribution in [0, 0.1) is 23.0 Å². The molecular weight excluding hydrogens is 438 g/mol. The highest BCUT2D eigenvalue weighted by molar-refractivity contribution is 5.94. The number of rotatable bonds is 5. The Labute approximate surface area is 195 Å². The van der Waals surface area contributed by atoms with Crippen molar-refractivity contribution in [1.29, 1.82) is 0 Å². The molecule has 6 rings (SSSR count). The predicted molar refractivity (Wildman–Crippen MR) is 119 cm³/mol. The molecule has 2 atom stereocenters. The van der Waals surface area contributed by atoms with Gasteiger partial charge in [0.05, 0.1) is 47.5 Å². The normalized spacial score (nSPS) is 24.6. The molecule has 0 N–H and O–H groups in total. The van der Waals surface area contributed by atoms with Crippen molar-refractivity contribution in [2.45, 2.75) is 44.4 Å². The summed E-state index contributed by atoms with van der Waals surface area (Å²) in [6.07, 6.45) is 5.30. The first-order chi connectivity index (χ1) is 16.3. The van der Waals surface area contributed by atoms with E-state index in [1.807, 2.05) is 0 Å². The molecule has 6 nitrogen and oxygen atoms in total. The van der Waals surface area contributed by atoms with Crippen LogP contribution in [-0.4, -0.2) is 39.2 Å². The van der Waals surface area contributed by atoms with Crippen LogP contribution in [0.5, 0.6) is 0 Å². The Morgan fingerprint density at radius 1 is 1.15 bits per heavy atom. The molecule has 1 aromatic carbocycles. The molecule has 2 bridgehead atoms. The van der Waals surface area contributed by atoms with Crippen LogP contribution in [0.2, 0.25) is 0 Å². The van der Waals surface area contributed by atoms with Gasteiger partial charge in [0.25, 0.3) is 0 Å². The molecule has 0 amide bonds. The first-order valence-electron chi connectivity index (χ1n) is 11.6. The SMILES string of the molecule is CC1(C)[C@@H]2CC[C@@]1(c1cncc(C(=O)CC3COC3)n1)c1nnc(-c3c(F)cccc3F)cc12. The number of nitrogens with zero attached hydrogens (tertiary/aromatic N) is 4. The predicted octanol–water partition coefficient (Wildman–Crippen LogP) is 4.63. The molecular formula is C26H24F2N4O2. The molecule has 1 saturated heterocycles. The summed E-state index contributed by atoms with van der Waals surface area (Å²) in [4.78, 5) is 22.0. The maximum absolute atomic E-state index is 14.4. The van der Waals surface area contributed by atoms with E-state index in [4.69, 9.17) is 9.72 Å². The number of carbonyl (C=O) groups is 1. The minimum atomic E-state index is -0.666. The van der Waals surface area contributed by atoms with E-state index in [2.05, 4.69) is 29.0 Å². The number of halogens is 2. The molecule has 174 valence electrons. The maximum atomic E-state index is 14.4. The summed E-state index contributed by atoms with van der Waals surface area (Å²) in [5.41, 5.74) is 1.92. The van der Waals surface area contributed by atoms with Gasteiger partial charge in [-0.1, -0.05) is 19.9 Å². The van der Waals surface area contributed by atoms with Gasteiger partial charge in [0.15, 0.2) is 5.78 Å². The molecule has 1 aliphatic heterocycles. The molecule has 3 aromatic rings. The van der Waals surface area contributed by atoms with E-state index < -0.39 is 17.0 Å². The van der Waals surface area contributed by atoms with Gasteiger partial charge in [0.2, 0.25) is 0 Å². The lowest BCUT2D eigenvalue weighted by molar-refractivity contribution is -0.0322. The number of fused-ring (bicyclic) bond motifs is 5. The number of aromatic nitrogens is 4. The monoisotopic (exact) mass is 462 g/mol. The second-order valence-corrected chi connectivity index (χ2v) is 10.2. The smallest absolute Gasteiger partial charge is 0.183 e. The second-order valence-electron chi connectivity index (χ2n) is 10.2. The summed E-state index contributed by atoms with van der Waals surface area (Å²) in [6, 6.07) is 5.55. The van der Waals surface area contributed by atoms with Crippen molar-refractivity contribution in [3.8, 4) is 11.3 Å². The highest BCUT2D eigenvalue weighted by Crippen LogP contribution is 2.69. The van der Waals surface area contributed by atoms with Crippen LogP contribution in [0.1, 0.15) is 66.5 Å². The van der Waals surface area contributed by atoms with Gasteiger partial charge in [-0.25, -0.2) is 13.8 Å². The molecule has 2 fully saturated rings. The highest BCUT2D eigenvalue weighted by Gasteiger charge is 2.65. The molecule has 2 aromatic heterocycles. The molecule has 2 aliphatic carbocycles. The van der Waals surface area contributed by atoms with Crippen LogP contribution >= 0.6 is 0 Å². The molecule has 3 heterocycles. The van der Waals surface area contributed by atoms with E-state index >= 15 is 0 Å². The minimum absolute atomic E-state index is 0.0407. The van der Waals surface area contributed by atoms with E-state index in [9.17, 15) is 13.6 Å². The summed E-state index contributed by atoms with van der Waals surface area (Å²) in [7, 11) is 0. The molecule has 3 aliphatic rings. The zero-order valence-electron chi connectivity index (χ0n) is 19.0. The van der Waals surface area contributed by atoms with Gasteiger partial charge in [-0.2, -0.15) is 5.10 Å². The lowest BCUT2D eigenvalue weighted by Gasteiger charge is -2.37. The fourth-order valence-electron chi connectivity index (χ4n) is 6.23. The number of Topliss-reactive ketones (excluding diaryl/α,β-unsaturated/α-hetero) is 1. The molecule has 0 spiro atoms. The summed E-state index contributed by atoms with van der Waals surface area (Å²) >= 11 is 0. The number of ether oxygens (including phenoxy) is 1. The van der Waals surface area contributed by atoms with E-state index in [1.165, 1.54) is 24.4 Å². The number of benzene rings is 1. The van der Waals surface area contributed by atoms with Gasteiger partial charge in [-0.15, -0.1) is 5.10 Å². The Balaban J connectivity index is 1.45. The first-order valence-corrected chi connectivity index (χ1v) is 11.6. The van der Waals surface area contributed by atoms with Crippen molar-refractivity contribution in [1.82, 2.24) is 20.2 Å². The van der Waals surface area contributed by atoms with Crippen LogP contribution in [0.15, 0.2) is 36.7 Å². The number of hydrogen-bond acceptors (Lipinski definition) is 6. The third-order valence-corrected chi connectivity index (χ3v) is 8.14. The van der Waals surface area contributed by atoms with Gasteiger partial charge < -0.3 is 4.74 Å². The van der Waals surface area contributed by atoms with E-state index in [0.717, 1.165) is 24.1 Å². The Morgan fingerprint density at radius 3 is 2.62 bits per heavy atom. The van der Waals surface area contributed by atoms with Crippen LogP contribution in [0.3, 0.4) is 0 Å². The van der Waals surface area contributed by atoms with Crippen molar-refractivity contribution in [3.63, 3.8) is 0 Å². The molecule has 0 unspecified atom stereocenters. The van der Waals surface area contributed by atoms with E-state index in [1.54, 1.807) is 12.3 Å². The first kappa shape index (κ1) is 21.4. The van der Waals surface area contributed by atoms with Crippen LogP contribution < -0.4 is 0 Å². The lowest BCUT2D eigenvalue weighted by Crippen LogP contribution is -2.38. The topological polar surface area (TPSA) is 77.9 Å². The van der Waals surface area contributed by atoms with Crippen LogP contribution in [-0.2, 0) is 10.2 Å². The molecule has 8 heteroatoms. The number of carbonyl (C=O) groups excluding carboxylic acids is 1. The summed E-state index contributed by atoms with van der Waals surface area (Å²) in [5.74, 6) is -1.01. The Hall–Kier alpha value is -3.13. The average Bonchev–Trinajstić information content (AvgIpc) is 3.17. The summed E-state index contributed by atoms with van der Waals surface area (Å²) in [6.45, 7) is 5.53. The Morgan fingerprint density at radius 2 is 1.91 bits per heavy atom. The van der Waals surface area contributed by atoms with Crippen molar-refractivity contribution in [2.75, 3.05) is 13.2 Å². The van der Waals surface area contributed by atoms with Gasteiger partial charge in [-0.3, -0.25) is 9.78 Å². The minimum Gasteiger partial charge on any atom is -0.381 e. The average molecular weight is 463 g/mol. The highest BCUT2D eigenvalue weighted by atomic mass is 19.1. The van der Waals surface area contributed by atoms with Crippen molar-refractivity contribution < 1.29 is 18.3 Å². The third-order valence-electron chi connectivity index (χ3n) is 8.14. The Kier molecular flexibility index (Phi) is 4.68. The fourth-order valence-corrected chi connectivity index (χ4v) is 6.23. The van der Waals surface area contributed by atoms with Gasteiger partial charge in [0.1, 0.15) is 17.3 Å². The standard InChI is InChI=1S/C26H24F2N4O2/c1-25(2)16-6-7-26(25,22-11-29-10-20(30-22)21(33)8-14-12-34-13-14)24-15(16)9-19(31-32-24)23-17(27)4-3-5-18(23)28/h3-5,9-11,14,16H,6-8,12-13H2,1-2H3/t16-,26-/m1/s1. The zero-order chi connectivity index (χ0) is 23.7. The van der Waals surface area contributed by atoms with Crippen LogP contribution in [0.4, 0.5) is 8.78 Å². The van der Waals surface area contributed by atoms with Crippen molar-refractivity contribution in [3.05, 3.63) is 70.9 Å². The summed E-state index contributed by atoms with van der Waals surface area (Å²) < 4.78 is 34.1. The Bertz CT molecular complexity index is 1300. The van der Waals surface area contributed by atoms with E-state index in [-0.39, 0.29) is 34.3 Å². The zero-order valence-corrected chi connectivity index (χ0v) is 19.0. The number of hydrogen-bond donors (Lipinski definition) is 0. The van der Waals surface area contributed by atoms with E-state index in [0.29, 0.717) is 31.0 Å². The quantitative estimate of drug-likeness (QED) is 0.515.